The van der Waals surface area contributed by atoms with Crippen molar-refractivity contribution in [2.24, 2.45) is 0 Å². The van der Waals surface area contributed by atoms with Crippen LogP contribution in [0.25, 0.3) is 21.7 Å². The molecule has 2 nitrogen and oxygen atoms in total. The molecule has 2 heterocycles. The third-order valence-corrected chi connectivity index (χ3v) is 3.34. The highest BCUT2D eigenvalue weighted by molar-refractivity contribution is 6.30. The van der Waals surface area contributed by atoms with E-state index < -0.39 is 0 Å². The number of pyridine rings is 2. The van der Waals surface area contributed by atoms with Crippen LogP contribution < -0.4 is 0 Å². The molecule has 0 radical (unpaired) electrons. The van der Waals surface area contributed by atoms with Crippen LogP contribution in [0.15, 0.2) is 36.7 Å². The molecule has 1 aromatic carbocycles. The first-order chi connectivity index (χ1) is 8.29. The average molecular weight is 243 g/mol. The van der Waals surface area contributed by atoms with Gasteiger partial charge in [-0.3, -0.25) is 4.98 Å². The van der Waals surface area contributed by atoms with Gasteiger partial charge in [-0.1, -0.05) is 30.7 Å². The molecule has 0 saturated carbocycles. The van der Waals surface area contributed by atoms with Gasteiger partial charge in [0.1, 0.15) is 5.15 Å². The summed E-state index contributed by atoms with van der Waals surface area (Å²) in [6.07, 6.45) is 4.53. The Kier molecular flexibility index (Phi) is 2.45. The number of nitrogens with zero attached hydrogens (tertiary/aromatic N) is 2. The van der Waals surface area contributed by atoms with Crippen molar-refractivity contribution in [2.45, 2.75) is 13.3 Å². The Hall–Kier alpha value is -1.67. The second-order valence-electron chi connectivity index (χ2n) is 4.03. The van der Waals surface area contributed by atoms with E-state index >= 15 is 0 Å². The fourth-order valence-corrected chi connectivity index (χ4v) is 2.35. The van der Waals surface area contributed by atoms with Crippen molar-refractivity contribution in [2.75, 3.05) is 0 Å². The lowest BCUT2D eigenvalue weighted by Crippen LogP contribution is -1.89. The highest BCUT2D eigenvalue weighted by atomic mass is 35.5. The molecule has 17 heavy (non-hydrogen) atoms. The number of aromatic nitrogens is 2. The number of hydrogen-bond acceptors (Lipinski definition) is 2. The maximum atomic E-state index is 6.18. The Morgan fingerprint density at radius 3 is 2.82 bits per heavy atom. The molecular weight excluding hydrogens is 232 g/mol. The number of fused-ring (bicyclic) bond motifs is 3. The summed E-state index contributed by atoms with van der Waals surface area (Å²) in [7, 11) is 0. The van der Waals surface area contributed by atoms with Crippen LogP contribution in [0.5, 0.6) is 0 Å². The summed E-state index contributed by atoms with van der Waals surface area (Å²) in [5, 5.41) is 3.92. The van der Waals surface area contributed by atoms with E-state index in [1.807, 2.05) is 12.3 Å². The summed E-state index contributed by atoms with van der Waals surface area (Å²) in [4.78, 5) is 8.63. The molecule has 0 spiro atoms. The fourth-order valence-electron chi connectivity index (χ4n) is 2.08. The molecule has 3 aromatic rings. The molecule has 0 atom stereocenters. The topological polar surface area (TPSA) is 25.8 Å². The van der Waals surface area contributed by atoms with Gasteiger partial charge in [0.15, 0.2) is 0 Å². The molecule has 2 aromatic heterocycles. The third-order valence-electron chi connectivity index (χ3n) is 3.01. The minimum Gasteiger partial charge on any atom is -0.264 e. The Balaban J connectivity index is 2.46. The first-order valence-electron chi connectivity index (χ1n) is 5.61. The van der Waals surface area contributed by atoms with Gasteiger partial charge in [0.05, 0.1) is 5.52 Å². The molecule has 0 N–H and O–H groups in total. The summed E-state index contributed by atoms with van der Waals surface area (Å²) >= 11 is 6.18. The van der Waals surface area contributed by atoms with Crippen LogP contribution in [0.4, 0.5) is 0 Å². The van der Waals surface area contributed by atoms with Gasteiger partial charge in [0, 0.05) is 28.6 Å². The molecule has 0 amide bonds. The standard InChI is InChI=1S/C14H11ClN2/c1-2-9-7-10-3-4-11-8-16-6-5-12(11)13(10)17-14(9)15/h3-8H,2H2,1H3. The largest absolute Gasteiger partial charge is 0.264 e. The van der Waals surface area contributed by atoms with Gasteiger partial charge in [-0.2, -0.15) is 0 Å². The third kappa shape index (κ3) is 1.65. The van der Waals surface area contributed by atoms with Crippen molar-refractivity contribution in [1.29, 1.82) is 0 Å². The van der Waals surface area contributed by atoms with Crippen LogP contribution in [-0.4, -0.2) is 9.97 Å². The maximum Gasteiger partial charge on any atom is 0.132 e. The van der Waals surface area contributed by atoms with E-state index in [-0.39, 0.29) is 0 Å². The Bertz CT molecular complexity index is 707. The molecule has 0 aliphatic heterocycles. The van der Waals surface area contributed by atoms with E-state index in [2.05, 4.69) is 35.1 Å². The number of aryl methyl sites for hydroxylation is 1. The normalized spacial score (nSPS) is 11.2. The van der Waals surface area contributed by atoms with Crippen LogP contribution in [-0.2, 0) is 6.42 Å². The van der Waals surface area contributed by atoms with Gasteiger partial charge < -0.3 is 0 Å². The minimum absolute atomic E-state index is 0.601. The van der Waals surface area contributed by atoms with E-state index in [9.17, 15) is 0 Å². The van der Waals surface area contributed by atoms with Crippen molar-refractivity contribution in [1.82, 2.24) is 9.97 Å². The molecule has 3 heteroatoms. The first kappa shape index (κ1) is 10.5. The fraction of sp³-hybridized carbons (Fsp3) is 0.143. The van der Waals surface area contributed by atoms with E-state index in [1.54, 1.807) is 6.20 Å². The number of halogens is 1. The lowest BCUT2D eigenvalue weighted by molar-refractivity contribution is 1.12. The van der Waals surface area contributed by atoms with Crippen LogP contribution >= 0.6 is 11.6 Å². The lowest BCUT2D eigenvalue weighted by Gasteiger charge is -2.06. The predicted octanol–water partition coefficient (Wildman–Crippen LogP) is 4.00. The van der Waals surface area contributed by atoms with Crippen LogP contribution in [0.1, 0.15) is 12.5 Å². The Morgan fingerprint density at radius 2 is 2.00 bits per heavy atom. The van der Waals surface area contributed by atoms with Gasteiger partial charge in [-0.15, -0.1) is 0 Å². The minimum atomic E-state index is 0.601. The van der Waals surface area contributed by atoms with Crippen LogP contribution in [0, 0.1) is 0 Å². The van der Waals surface area contributed by atoms with Gasteiger partial charge in [0.2, 0.25) is 0 Å². The molecule has 0 unspecified atom stereocenters. The van der Waals surface area contributed by atoms with Gasteiger partial charge >= 0.3 is 0 Å². The van der Waals surface area contributed by atoms with Crippen molar-refractivity contribution in [3.63, 3.8) is 0 Å². The Morgan fingerprint density at radius 1 is 1.18 bits per heavy atom. The molecule has 0 fully saturated rings. The number of hydrogen-bond donors (Lipinski definition) is 0. The van der Waals surface area contributed by atoms with E-state index in [1.165, 1.54) is 0 Å². The molecular formula is C14H11ClN2. The van der Waals surface area contributed by atoms with Crippen molar-refractivity contribution in [3.05, 3.63) is 47.4 Å². The van der Waals surface area contributed by atoms with Gasteiger partial charge in [-0.25, -0.2) is 4.98 Å². The van der Waals surface area contributed by atoms with Crippen molar-refractivity contribution in [3.8, 4) is 0 Å². The second-order valence-corrected chi connectivity index (χ2v) is 4.38. The summed E-state index contributed by atoms with van der Waals surface area (Å²) in [6.45, 7) is 2.08. The second kappa shape index (κ2) is 3.97. The van der Waals surface area contributed by atoms with Gasteiger partial charge in [-0.05, 0) is 24.1 Å². The number of benzene rings is 1. The molecule has 84 valence electrons. The van der Waals surface area contributed by atoms with Crippen molar-refractivity contribution >= 4 is 33.3 Å². The molecule has 0 aliphatic carbocycles. The predicted molar refractivity (Wildman–Crippen MR) is 71.4 cm³/mol. The summed E-state index contributed by atoms with van der Waals surface area (Å²) in [6, 6.07) is 8.23. The quantitative estimate of drug-likeness (QED) is 0.476. The SMILES string of the molecule is CCc1cc2ccc3cnccc3c2nc1Cl. The highest BCUT2D eigenvalue weighted by Gasteiger charge is 2.06. The van der Waals surface area contributed by atoms with Gasteiger partial charge in [0.25, 0.3) is 0 Å². The summed E-state index contributed by atoms with van der Waals surface area (Å²) < 4.78 is 0. The summed E-state index contributed by atoms with van der Waals surface area (Å²) in [5.41, 5.74) is 2.04. The zero-order valence-corrected chi connectivity index (χ0v) is 10.2. The molecule has 0 saturated heterocycles. The Labute approximate surface area is 104 Å². The van der Waals surface area contributed by atoms with Crippen molar-refractivity contribution < 1.29 is 0 Å². The first-order valence-corrected chi connectivity index (χ1v) is 5.99. The molecule has 0 bridgehead atoms. The highest BCUT2D eigenvalue weighted by Crippen LogP contribution is 2.27. The monoisotopic (exact) mass is 242 g/mol. The lowest BCUT2D eigenvalue weighted by atomic mass is 10.1. The average Bonchev–Trinajstić information content (AvgIpc) is 2.38. The zero-order valence-electron chi connectivity index (χ0n) is 9.44. The molecule has 0 aliphatic rings. The summed E-state index contributed by atoms with van der Waals surface area (Å²) in [5.74, 6) is 0. The van der Waals surface area contributed by atoms with E-state index in [0.717, 1.165) is 33.7 Å². The molecule has 3 rings (SSSR count). The van der Waals surface area contributed by atoms with E-state index in [0.29, 0.717) is 5.15 Å². The zero-order chi connectivity index (χ0) is 11.8. The van der Waals surface area contributed by atoms with Crippen LogP contribution in [0.2, 0.25) is 5.15 Å². The maximum absolute atomic E-state index is 6.18. The number of rotatable bonds is 1. The van der Waals surface area contributed by atoms with Crippen LogP contribution in [0.3, 0.4) is 0 Å². The van der Waals surface area contributed by atoms with E-state index in [4.69, 9.17) is 11.6 Å². The smallest absolute Gasteiger partial charge is 0.132 e.